The highest BCUT2D eigenvalue weighted by Gasteiger charge is 2.45. The highest BCUT2D eigenvalue weighted by atomic mass is 79.9. The van der Waals surface area contributed by atoms with E-state index in [1.165, 1.54) is 46.5 Å². The molecule has 0 fully saturated rings. The molecule has 2 atom stereocenters. The van der Waals surface area contributed by atoms with Gasteiger partial charge in [-0.15, -0.1) is 0 Å². The summed E-state index contributed by atoms with van der Waals surface area (Å²) in [5, 5.41) is 0. The highest BCUT2D eigenvalue weighted by Crippen LogP contribution is 2.56. The molecule has 0 N–H and O–H groups in total. The Kier molecular flexibility index (Phi) is 4.34. The van der Waals surface area contributed by atoms with Crippen LogP contribution in [0.4, 0.5) is 11.4 Å². The molecular formula is C30H30BrN. The molecule has 0 amide bonds. The van der Waals surface area contributed by atoms with Crippen molar-refractivity contribution in [3.63, 3.8) is 0 Å². The topological polar surface area (TPSA) is 3.24 Å². The number of halogens is 1. The van der Waals surface area contributed by atoms with Crippen LogP contribution in [0.1, 0.15) is 74.3 Å². The van der Waals surface area contributed by atoms with Crippen LogP contribution in [0.25, 0.3) is 6.08 Å². The second kappa shape index (κ2) is 6.84. The lowest BCUT2D eigenvalue weighted by Gasteiger charge is -2.42. The first-order chi connectivity index (χ1) is 15.3. The summed E-state index contributed by atoms with van der Waals surface area (Å²) in [5.74, 6) is 0.362. The van der Waals surface area contributed by atoms with Crippen LogP contribution in [-0.4, -0.2) is 6.04 Å². The van der Waals surface area contributed by atoms with Gasteiger partial charge in [0.25, 0.3) is 0 Å². The fourth-order valence-corrected chi connectivity index (χ4v) is 6.44. The van der Waals surface area contributed by atoms with Crippen LogP contribution in [0.15, 0.2) is 71.2 Å². The number of hydrogen-bond donors (Lipinski definition) is 0. The predicted molar refractivity (Wildman–Crippen MR) is 139 cm³/mol. The van der Waals surface area contributed by atoms with Gasteiger partial charge in [0, 0.05) is 21.8 Å². The Bertz CT molecular complexity index is 1250. The first-order valence-corrected chi connectivity index (χ1v) is 12.6. The fraction of sp³-hybridized carbons (Fsp3) is 0.333. The third-order valence-corrected chi connectivity index (χ3v) is 8.67. The number of hydrogen-bond acceptors (Lipinski definition) is 1. The van der Waals surface area contributed by atoms with E-state index in [0.717, 1.165) is 4.47 Å². The molecule has 0 saturated heterocycles. The van der Waals surface area contributed by atoms with Crippen molar-refractivity contribution in [2.24, 2.45) is 0 Å². The third-order valence-electron chi connectivity index (χ3n) is 8.14. The Balaban J connectivity index is 1.64. The van der Waals surface area contributed by atoms with E-state index in [-0.39, 0.29) is 10.8 Å². The van der Waals surface area contributed by atoms with E-state index in [4.69, 9.17) is 0 Å². The van der Waals surface area contributed by atoms with E-state index in [9.17, 15) is 0 Å². The van der Waals surface area contributed by atoms with Crippen molar-refractivity contribution in [3.05, 3.63) is 99.0 Å². The van der Waals surface area contributed by atoms with Gasteiger partial charge in [0.15, 0.2) is 0 Å². The summed E-state index contributed by atoms with van der Waals surface area (Å²) in [5.41, 5.74) is 10.4. The Morgan fingerprint density at radius 2 is 1.47 bits per heavy atom. The van der Waals surface area contributed by atoms with Crippen LogP contribution in [0, 0.1) is 0 Å². The van der Waals surface area contributed by atoms with Gasteiger partial charge in [-0.25, -0.2) is 0 Å². The average molecular weight is 484 g/mol. The molecule has 0 aromatic heterocycles. The molecule has 0 saturated carbocycles. The van der Waals surface area contributed by atoms with E-state index < -0.39 is 0 Å². The lowest BCUT2D eigenvalue weighted by atomic mass is 9.62. The minimum absolute atomic E-state index is 0.201. The molecule has 3 aromatic carbocycles. The first kappa shape index (κ1) is 20.3. The molecule has 162 valence electrons. The molecule has 3 aromatic rings. The molecule has 1 aliphatic heterocycles. The molecular weight excluding hydrogens is 454 g/mol. The van der Waals surface area contributed by atoms with E-state index >= 15 is 0 Å². The molecule has 1 nitrogen and oxygen atoms in total. The molecule has 0 bridgehead atoms. The van der Waals surface area contributed by atoms with E-state index in [0.29, 0.717) is 12.0 Å². The van der Waals surface area contributed by atoms with Crippen molar-refractivity contribution in [1.82, 2.24) is 0 Å². The van der Waals surface area contributed by atoms with Crippen molar-refractivity contribution in [1.29, 1.82) is 0 Å². The predicted octanol–water partition coefficient (Wildman–Crippen LogP) is 8.48. The van der Waals surface area contributed by atoms with E-state index in [2.05, 4.69) is 121 Å². The van der Waals surface area contributed by atoms with Gasteiger partial charge in [0.05, 0.1) is 6.04 Å². The van der Waals surface area contributed by atoms with Crippen molar-refractivity contribution < 1.29 is 0 Å². The van der Waals surface area contributed by atoms with Crippen LogP contribution in [0.3, 0.4) is 0 Å². The van der Waals surface area contributed by atoms with Crippen LogP contribution in [0.5, 0.6) is 0 Å². The molecule has 32 heavy (non-hydrogen) atoms. The maximum atomic E-state index is 3.62. The van der Waals surface area contributed by atoms with Gasteiger partial charge < -0.3 is 4.90 Å². The van der Waals surface area contributed by atoms with Crippen molar-refractivity contribution in [2.75, 3.05) is 4.90 Å². The summed E-state index contributed by atoms with van der Waals surface area (Å²) in [7, 11) is 0. The molecule has 6 rings (SSSR count). The summed E-state index contributed by atoms with van der Waals surface area (Å²) < 4.78 is 1.12. The highest BCUT2D eigenvalue weighted by molar-refractivity contribution is 9.10. The summed E-state index contributed by atoms with van der Waals surface area (Å²) in [6.45, 7) is 9.71. The standard InChI is InChI=1S/C30H30BrN/c1-29(2)15-16-30(3,4)25-18-27-23(17-24(25)29)28-22-8-6-5-7-19(22)9-14-26(28)32(27)21-12-10-20(31)11-13-21/h5-14,17-18,26,28H,15-16H2,1-4H3. The van der Waals surface area contributed by atoms with E-state index in [1.54, 1.807) is 5.56 Å². The van der Waals surface area contributed by atoms with E-state index in [1.807, 2.05) is 0 Å². The zero-order valence-electron chi connectivity index (χ0n) is 19.3. The Morgan fingerprint density at radius 1 is 0.812 bits per heavy atom. The normalized spacial score (nSPS) is 23.8. The lowest BCUT2D eigenvalue weighted by molar-refractivity contribution is 0.332. The molecule has 2 aliphatic carbocycles. The van der Waals surface area contributed by atoms with Gasteiger partial charge in [-0.05, 0) is 81.8 Å². The Hall–Kier alpha value is -2.32. The molecule has 2 heteroatoms. The molecule has 3 aliphatic rings. The minimum Gasteiger partial charge on any atom is -0.333 e. The molecule has 0 radical (unpaired) electrons. The van der Waals surface area contributed by atoms with Crippen LogP contribution < -0.4 is 4.90 Å². The largest absolute Gasteiger partial charge is 0.333 e. The van der Waals surface area contributed by atoms with Gasteiger partial charge in [-0.2, -0.15) is 0 Å². The second-order valence-electron chi connectivity index (χ2n) is 11.0. The zero-order chi connectivity index (χ0) is 22.3. The average Bonchev–Trinajstić information content (AvgIpc) is 3.11. The fourth-order valence-electron chi connectivity index (χ4n) is 6.18. The Morgan fingerprint density at radius 3 is 2.19 bits per heavy atom. The zero-order valence-corrected chi connectivity index (χ0v) is 20.9. The van der Waals surface area contributed by atoms with Gasteiger partial charge >= 0.3 is 0 Å². The van der Waals surface area contributed by atoms with Crippen LogP contribution >= 0.6 is 15.9 Å². The van der Waals surface area contributed by atoms with Gasteiger partial charge in [0.1, 0.15) is 0 Å². The Labute approximate surface area is 200 Å². The summed E-state index contributed by atoms with van der Waals surface area (Å²) in [6.07, 6.45) is 7.22. The van der Waals surface area contributed by atoms with Gasteiger partial charge in [-0.1, -0.05) is 86.1 Å². The van der Waals surface area contributed by atoms with Crippen molar-refractivity contribution in [2.45, 2.75) is 63.3 Å². The molecule has 0 spiro atoms. The lowest BCUT2D eigenvalue weighted by Crippen LogP contribution is -2.34. The van der Waals surface area contributed by atoms with Crippen LogP contribution in [0.2, 0.25) is 0 Å². The van der Waals surface area contributed by atoms with Gasteiger partial charge in [0.2, 0.25) is 0 Å². The summed E-state index contributed by atoms with van der Waals surface area (Å²) >= 11 is 3.62. The number of nitrogens with zero attached hydrogens (tertiary/aromatic N) is 1. The first-order valence-electron chi connectivity index (χ1n) is 11.8. The smallest absolute Gasteiger partial charge is 0.0635 e. The molecule has 2 unspecified atom stereocenters. The van der Waals surface area contributed by atoms with Crippen molar-refractivity contribution >= 4 is 33.4 Å². The minimum atomic E-state index is 0.201. The SMILES string of the molecule is CC1(C)CCC(C)(C)c2cc3c(cc21)C1c2ccccc2C=CC1N3c1ccc(Br)cc1. The monoisotopic (exact) mass is 483 g/mol. The third kappa shape index (κ3) is 2.88. The molecule has 1 heterocycles. The maximum absolute atomic E-state index is 3.62. The summed E-state index contributed by atoms with van der Waals surface area (Å²) in [6, 6.07) is 23.2. The number of fused-ring (bicyclic) bond motifs is 6. The summed E-state index contributed by atoms with van der Waals surface area (Å²) in [4.78, 5) is 2.58. The van der Waals surface area contributed by atoms with Crippen LogP contribution in [-0.2, 0) is 10.8 Å². The quantitative estimate of drug-likeness (QED) is 0.335. The van der Waals surface area contributed by atoms with Gasteiger partial charge in [-0.3, -0.25) is 0 Å². The maximum Gasteiger partial charge on any atom is 0.0635 e. The second-order valence-corrected chi connectivity index (χ2v) is 11.9. The number of rotatable bonds is 1. The number of benzene rings is 3. The van der Waals surface area contributed by atoms with Crippen molar-refractivity contribution in [3.8, 4) is 0 Å². The number of anilines is 2.